The van der Waals surface area contributed by atoms with E-state index < -0.39 is 5.54 Å². The quantitative estimate of drug-likeness (QED) is 0.701. The van der Waals surface area contributed by atoms with Crippen LogP contribution in [0.5, 0.6) is 5.75 Å². The van der Waals surface area contributed by atoms with Crippen LogP contribution in [-0.2, 0) is 6.54 Å². The lowest BCUT2D eigenvalue weighted by Crippen LogP contribution is -2.45. The third-order valence-electron chi connectivity index (χ3n) is 4.51. The van der Waals surface area contributed by atoms with E-state index in [9.17, 15) is 14.4 Å². The number of hydrogen-bond donors (Lipinski definition) is 2. The zero-order valence-electron chi connectivity index (χ0n) is 16.8. The minimum absolute atomic E-state index is 0.0708. The molecule has 0 radical (unpaired) electrons. The molecule has 7 nitrogen and oxygen atoms in total. The van der Waals surface area contributed by atoms with Crippen LogP contribution >= 0.6 is 0 Å². The molecule has 0 saturated carbocycles. The van der Waals surface area contributed by atoms with E-state index in [2.05, 4.69) is 5.32 Å². The van der Waals surface area contributed by atoms with Crippen LogP contribution in [0.1, 0.15) is 57.4 Å². The normalized spacial score (nSPS) is 13.4. The van der Waals surface area contributed by atoms with E-state index in [1.54, 1.807) is 42.5 Å². The maximum absolute atomic E-state index is 12.7. The summed E-state index contributed by atoms with van der Waals surface area (Å²) in [5, 5.41) is 2.80. The van der Waals surface area contributed by atoms with E-state index >= 15 is 0 Å². The molecule has 1 aliphatic heterocycles. The highest BCUT2D eigenvalue weighted by atomic mass is 16.5. The summed E-state index contributed by atoms with van der Waals surface area (Å²) in [7, 11) is 0. The monoisotopic (exact) mass is 395 g/mol. The standard InChI is InChI=1S/C22H25N3O4/c1-4-29-18-10-9-14(11-17(18)19(26)24-13-22(2,3)23)12-25-20(27)15-7-5-6-8-16(15)21(25)28/h5-11H,4,12-13,23H2,1-3H3,(H,24,26). The third kappa shape index (κ3) is 4.46. The Balaban J connectivity index is 1.85. The second kappa shape index (κ2) is 8.05. The lowest BCUT2D eigenvalue weighted by molar-refractivity contribution is 0.0642. The molecule has 0 bridgehead atoms. The van der Waals surface area contributed by atoms with Gasteiger partial charge in [-0.1, -0.05) is 18.2 Å². The van der Waals surface area contributed by atoms with Crippen molar-refractivity contribution in [1.82, 2.24) is 10.2 Å². The molecule has 0 unspecified atom stereocenters. The van der Waals surface area contributed by atoms with E-state index in [-0.39, 0.29) is 24.3 Å². The Morgan fingerprint density at radius 3 is 2.28 bits per heavy atom. The first-order valence-electron chi connectivity index (χ1n) is 9.49. The van der Waals surface area contributed by atoms with E-state index in [1.807, 2.05) is 20.8 Å². The number of nitrogens with zero attached hydrogens (tertiary/aromatic N) is 1. The first-order valence-corrected chi connectivity index (χ1v) is 9.49. The minimum atomic E-state index is -0.556. The molecule has 3 amide bonds. The zero-order valence-corrected chi connectivity index (χ0v) is 16.8. The lowest BCUT2D eigenvalue weighted by atomic mass is 10.1. The predicted molar refractivity (Wildman–Crippen MR) is 109 cm³/mol. The van der Waals surface area contributed by atoms with Crippen molar-refractivity contribution >= 4 is 17.7 Å². The van der Waals surface area contributed by atoms with Crippen molar-refractivity contribution in [1.29, 1.82) is 0 Å². The molecule has 0 aliphatic carbocycles. The SMILES string of the molecule is CCOc1ccc(CN2C(=O)c3ccccc3C2=O)cc1C(=O)NCC(C)(C)N. The summed E-state index contributed by atoms with van der Waals surface area (Å²) in [5.74, 6) is -0.562. The van der Waals surface area contributed by atoms with Gasteiger partial charge < -0.3 is 15.8 Å². The van der Waals surface area contributed by atoms with Crippen molar-refractivity contribution in [3.05, 3.63) is 64.7 Å². The van der Waals surface area contributed by atoms with Gasteiger partial charge >= 0.3 is 0 Å². The van der Waals surface area contributed by atoms with E-state index in [0.29, 0.717) is 41.2 Å². The number of ether oxygens (including phenoxy) is 1. The highest BCUT2D eigenvalue weighted by molar-refractivity contribution is 6.21. The third-order valence-corrected chi connectivity index (χ3v) is 4.51. The van der Waals surface area contributed by atoms with Crippen molar-refractivity contribution in [3.8, 4) is 5.75 Å². The molecule has 2 aromatic carbocycles. The fraction of sp³-hybridized carbons (Fsp3) is 0.318. The molecule has 1 heterocycles. The van der Waals surface area contributed by atoms with Crippen LogP contribution in [-0.4, -0.2) is 41.3 Å². The van der Waals surface area contributed by atoms with Gasteiger partial charge in [-0.15, -0.1) is 0 Å². The highest BCUT2D eigenvalue weighted by Crippen LogP contribution is 2.26. The number of carbonyl (C=O) groups excluding carboxylic acids is 3. The molecule has 0 saturated heterocycles. The molecular formula is C22H25N3O4. The van der Waals surface area contributed by atoms with Gasteiger partial charge in [0.05, 0.1) is 29.8 Å². The summed E-state index contributed by atoms with van der Waals surface area (Å²) in [5.41, 5.74) is 7.17. The van der Waals surface area contributed by atoms with Crippen molar-refractivity contribution in [2.75, 3.05) is 13.2 Å². The van der Waals surface area contributed by atoms with Gasteiger partial charge in [-0.3, -0.25) is 19.3 Å². The van der Waals surface area contributed by atoms with Crippen molar-refractivity contribution in [2.45, 2.75) is 32.9 Å². The Morgan fingerprint density at radius 1 is 1.10 bits per heavy atom. The first-order chi connectivity index (χ1) is 13.7. The molecule has 0 atom stereocenters. The molecule has 0 fully saturated rings. The fourth-order valence-electron chi connectivity index (χ4n) is 3.10. The van der Waals surface area contributed by atoms with Gasteiger partial charge in [-0.05, 0) is 50.6 Å². The summed E-state index contributed by atoms with van der Waals surface area (Å²) in [6.07, 6.45) is 0. The Hall–Kier alpha value is -3.19. The van der Waals surface area contributed by atoms with E-state index in [1.165, 1.54) is 4.90 Å². The predicted octanol–water partition coefficient (Wildman–Crippen LogP) is 2.35. The van der Waals surface area contributed by atoms with Crippen LogP contribution in [0.25, 0.3) is 0 Å². The summed E-state index contributed by atoms with van der Waals surface area (Å²) < 4.78 is 5.57. The summed E-state index contributed by atoms with van der Waals surface area (Å²) in [4.78, 5) is 39.1. The number of imide groups is 1. The molecule has 3 N–H and O–H groups in total. The summed E-state index contributed by atoms with van der Waals surface area (Å²) in [6, 6.07) is 11.8. The van der Waals surface area contributed by atoms with Crippen LogP contribution in [0.3, 0.4) is 0 Å². The molecule has 152 valence electrons. The number of nitrogens with two attached hydrogens (primary N) is 1. The van der Waals surface area contributed by atoms with Crippen molar-refractivity contribution in [2.24, 2.45) is 5.73 Å². The van der Waals surface area contributed by atoms with Crippen molar-refractivity contribution in [3.63, 3.8) is 0 Å². The Bertz CT molecular complexity index is 928. The summed E-state index contributed by atoms with van der Waals surface area (Å²) in [6.45, 7) is 6.23. The molecule has 0 aromatic heterocycles. The van der Waals surface area contributed by atoms with Crippen LogP contribution in [0.2, 0.25) is 0 Å². The second-order valence-electron chi connectivity index (χ2n) is 7.68. The zero-order chi connectivity index (χ0) is 21.2. The molecule has 2 aromatic rings. The van der Waals surface area contributed by atoms with Gasteiger partial charge in [0.25, 0.3) is 17.7 Å². The van der Waals surface area contributed by atoms with Crippen LogP contribution in [0.4, 0.5) is 0 Å². The van der Waals surface area contributed by atoms with Gasteiger partial charge in [-0.25, -0.2) is 0 Å². The molecule has 1 aliphatic rings. The number of carbonyl (C=O) groups is 3. The number of rotatable bonds is 7. The van der Waals surface area contributed by atoms with Crippen LogP contribution in [0, 0.1) is 0 Å². The fourth-order valence-corrected chi connectivity index (χ4v) is 3.10. The molecule has 0 spiro atoms. The first kappa shape index (κ1) is 20.5. The molecule has 7 heteroatoms. The summed E-state index contributed by atoms with van der Waals surface area (Å²) >= 11 is 0. The van der Waals surface area contributed by atoms with Gasteiger partial charge in [0.1, 0.15) is 5.75 Å². The Morgan fingerprint density at radius 2 is 1.72 bits per heavy atom. The van der Waals surface area contributed by atoms with E-state index in [4.69, 9.17) is 10.5 Å². The van der Waals surface area contributed by atoms with Gasteiger partial charge in [0.2, 0.25) is 0 Å². The largest absolute Gasteiger partial charge is 0.493 e. The number of amides is 3. The minimum Gasteiger partial charge on any atom is -0.493 e. The number of hydrogen-bond acceptors (Lipinski definition) is 5. The van der Waals surface area contributed by atoms with Gasteiger partial charge in [0.15, 0.2) is 0 Å². The maximum Gasteiger partial charge on any atom is 0.261 e. The molecule has 3 rings (SSSR count). The maximum atomic E-state index is 12.7. The van der Waals surface area contributed by atoms with Gasteiger partial charge in [-0.2, -0.15) is 0 Å². The number of benzene rings is 2. The van der Waals surface area contributed by atoms with Crippen LogP contribution < -0.4 is 15.8 Å². The molecule has 29 heavy (non-hydrogen) atoms. The average molecular weight is 395 g/mol. The molecular weight excluding hydrogens is 370 g/mol. The number of nitrogens with one attached hydrogen (secondary N) is 1. The Labute approximate surface area is 169 Å². The smallest absolute Gasteiger partial charge is 0.261 e. The van der Waals surface area contributed by atoms with E-state index in [0.717, 1.165) is 0 Å². The Kier molecular flexibility index (Phi) is 5.70. The van der Waals surface area contributed by atoms with Gasteiger partial charge in [0, 0.05) is 12.1 Å². The van der Waals surface area contributed by atoms with Crippen molar-refractivity contribution < 1.29 is 19.1 Å². The second-order valence-corrected chi connectivity index (χ2v) is 7.68. The lowest BCUT2D eigenvalue weighted by Gasteiger charge is -2.20. The highest BCUT2D eigenvalue weighted by Gasteiger charge is 2.35. The van der Waals surface area contributed by atoms with Crippen LogP contribution in [0.15, 0.2) is 42.5 Å². The average Bonchev–Trinajstić information content (AvgIpc) is 2.92. The topological polar surface area (TPSA) is 102 Å². The number of fused-ring (bicyclic) bond motifs is 1.